The molecule has 5 rings (SSSR count). The molecule has 0 radical (unpaired) electrons. The highest BCUT2D eigenvalue weighted by Crippen LogP contribution is 2.59. The molecule has 2 aromatic carbocycles. The molecule has 7 heteroatoms. The van der Waals surface area contributed by atoms with Crippen molar-refractivity contribution in [2.45, 2.75) is 36.6 Å². The van der Waals surface area contributed by atoms with E-state index in [4.69, 9.17) is 9.47 Å². The summed E-state index contributed by atoms with van der Waals surface area (Å²) in [7, 11) is -3.79. The number of sulfonamides is 1. The van der Waals surface area contributed by atoms with Crippen molar-refractivity contribution >= 4 is 16.0 Å². The maximum Gasteiger partial charge on any atom is 0.321 e. The van der Waals surface area contributed by atoms with Gasteiger partial charge in [-0.05, 0) is 36.6 Å². The van der Waals surface area contributed by atoms with E-state index in [1.165, 1.54) is 4.31 Å². The van der Waals surface area contributed by atoms with E-state index in [-0.39, 0.29) is 24.6 Å². The van der Waals surface area contributed by atoms with Crippen molar-refractivity contribution in [1.29, 1.82) is 0 Å². The van der Waals surface area contributed by atoms with Gasteiger partial charge in [0, 0.05) is 13.1 Å². The number of piperidine rings is 1. The van der Waals surface area contributed by atoms with E-state index < -0.39 is 33.1 Å². The lowest BCUT2D eigenvalue weighted by Gasteiger charge is -2.48. The highest BCUT2D eigenvalue weighted by molar-refractivity contribution is 7.89. The lowest BCUT2D eigenvalue weighted by molar-refractivity contribution is -0.167. The van der Waals surface area contributed by atoms with Gasteiger partial charge >= 0.3 is 5.97 Å². The second-order valence-corrected chi connectivity index (χ2v) is 10.6. The Morgan fingerprint density at radius 3 is 2.62 bits per heavy atom. The molecule has 3 heterocycles. The fourth-order valence-electron chi connectivity index (χ4n) is 5.00. The zero-order valence-electron chi connectivity index (χ0n) is 17.9. The van der Waals surface area contributed by atoms with Crippen LogP contribution in [0.1, 0.15) is 17.5 Å². The largest absolute Gasteiger partial charge is 0.460 e. The van der Waals surface area contributed by atoms with Crippen molar-refractivity contribution in [3.05, 3.63) is 90.0 Å². The van der Waals surface area contributed by atoms with Gasteiger partial charge in [0.25, 0.3) is 0 Å². The van der Waals surface area contributed by atoms with Gasteiger partial charge in [-0.3, -0.25) is 4.79 Å². The van der Waals surface area contributed by atoms with Crippen LogP contribution in [-0.2, 0) is 30.9 Å². The van der Waals surface area contributed by atoms with Crippen molar-refractivity contribution in [3.63, 3.8) is 0 Å². The van der Waals surface area contributed by atoms with Crippen LogP contribution >= 0.6 is 0 Å². The van der Waals surface area contributed by atoms with Crippen LogP contribution in [0.25, 0.3) is 0 Å². The molecule has 2 aromatic rings. The zero-order chi connectivity index (χ0) is 22.6. The van der Waals surface area contributed by atoms with Crippen molar-refractivity contribution < 1.29 is 22.7 Å². The molecule has 32 heavy (non-hydrogen) atoms. The summed E-state index contributed by atoms with van der Waals surface area (Å²) in [6.45, 7) is 6.36. The molecule has 1 spiro atoms. The lowest BCUT2D eigenvalue weighted by Crippen LogP contribution is -2.62. The molecular formula is C25H25NO5S. The van der Waals surface area contributed by atoms with Gasteiger partial charge < -0.3 is 9.47 Å². The predicted octanol–water partition coefficient (Wildman–Crippen LogP) is 3.38. The van der Waals surface area contributed by atoms with Crippen LogP contribution in [-0.4, -0.2) is 43.5 Å². The maximum atomic E-state index is 13.6. The molecule has 2 saturated heterocycles. The minimum atomic E-state index is -3.79. The molecule has 0 aliphatic carbocycles. The summed E-state index contributed by atoms with van der Waals surface area (Å²) >= 11 is 0. The number of aryl methyl sites for hydroxylation is 1. The fraction of sp³-hybridized carbons (Fsp3) is 0.320. The van der Waals surface area contributed by atoms with Crippen LogP contribution in [0.5, 0.6) is 0 Å². The molecule has 3 atom stereocenters. The monoisotopic (exact) mass is 451 g/mol. The van der Waals surface area contributed by atoms with Gasteiger partial charge in [-0.1, -0.05) is 66.8 Å². The number of carbonyl (C=O) groups excluding carboxylic acids is 1. The first-order chi connectivity index (χ1) is 15.3. The number of carbonyl (C=O) groups is 1. The van der Waals surface area contributed by atoms with Crippen LogP contribution in [0, 0.1) is 12.3 Å². The molecule has 0 amide bonds. The van der Waals surface area contributed by atoms with Gasteiger partial charge in [0.05, 0.1) is 11.0 Å². The van der Waals surface area contributed by atoms with E-state index in [2.05, 4.69) is 6.58 Å². The molecule has 166 valence electrons. The van der Waals surface area contributed by atoms with Crippen molar-refractivity contribution in [2.75, 3.05) is 13.1 Å². The van der Waals surface area contributed by atoms with Crippen LogP contribution in [0.3, 0.4) is 0 Å². The van der Waals surface area contributed by atoms with Gasteiger partial charge in [-0.2, -0.15) is 4.31 Å². The quantitative estimate of drug-likeness (QED) is 0.515. The third kappa shape index (κ3) is 2.99. The highest BCUT2D eigenvalue weighted by Gasteiger charge is 2.70. The number of hydrogen-bond donors (Lipinski definition) is 0. The average molecular weight is 452 g/mol. The first kappa shape index (κ1) is 21.1. The Morgan fingerprint density at radius 1 is 1.19 bits per heavy atom. The summed E-state index contributed by atoms with van der Waals surface area (Å²) in [5.74, 6) is -0.498. The summed E-state index contributed by atoms with van der Waals surface area (Å²) in [5.41, 5.74) is 0.180. The van der Waals surface area contributed by atoms with E-state index in [0.717, 1.165) is 11.1 Å². The molecule has 2 fully saturated rings. The second-order valence-electron chi connectivity index (χ2n) is 8.68. The van der Waals surface area contributed by atoms with Crippen LogP contribution in [0.2, 0.25) is 0 Å². The standard InChI is InChI=1S/C25H25NO5S/c1-18-8-10-21(11-9-18)32(28,29)26-15-14-24-13-12-22(31-24)19(2)25(24,17-26)23(27)30-16-20-6-4-3-5-7-20/h3-13,22H,2,14-17H2,1H3/t22-,24-,25-/m0/s1. The third-order valence-corrected chi connectivity index (χ3v) is 8.72. The van der Waals surface area contributed by atoms with Gasteiger partial charge in [0.2, 0.25) is 10.0 Å². The van der Waals surface area contributed by atoms with Gasteiger partial charge in [-0.25, -0.2) is 8.42 Å². The number of benzene rings is 2. The summed E-state index contributed by atoms with van der Waals surface area (Å²) < 4.78 is 40.2. The Labute approximate surface area is 188 Å². The van der Waals surface area contributed by atoms with E-state index in [9.17, 15) is 13.2 Å². The number of hydrogen-bond acceptors (Lipinski definition) is 5. The van der Waals surface area contributed by atoms with Crippen LogP contribution in [0.15, 0.2) is 83.8 Å². The molecule has 3 aliphatic heterocycles. The minimum absolute atomic E-state index is 0.0590. The summed E-state index contributed by atoms with van der Waals surface area (Å²) in [5, 5.41) is 0. The zero-order valence-corrected chi connectivity index (χ0v) is 18.7. The first-order valence-corrected chi connectivity index (χ1v) is 12.1. The topological polar surface area (TPSA) is 72.9 Å². The molecule has 2 bridgehead atoms. The first-order valence-electron chi connectivity index (χ1n) is 10.6. The van der Waals surface area contributed by atoms with Gasteiger partial charge in [0.1, 0.15) is 17.6 Å². The molecule has 6 nitrogen and oxygen atoms in total. The normalized spacial score (nSPS) is 29.2. The van der Waals surface area contributed by atoms with Crippen molar-refractivity contribution in [3.8, 4) is 0 Å². The van der Waals surface area contributed by atoms with Gasteiger partial charge in [0.15, 0.2) is 0 Å². The Hall–Kier alpha value is -2.74. The molecule has 0 saturated carbocycles. The van der Waals surface area contributed by atoms with Crippen LogP contribution < -0.4 is 0 Å². The fourth-order valence-corrected chi connectivity index (χ4v) is 6.47. The third-order valence-electron chi connectivity index (χ3n) is 6.86. The van der Waals surface area contributed by atoms with Crippen molar-refractivity contribution in [1.82, 2.24) is 4.31 Å². The molecular weight excluding hydrogens is 426 g/mol. The number of nitrogens with zero attached hydrogens (tertiary/aromatic N) is 1. The second kappa shape index (κ2) is 7.40. The van der Waals surface area contributed by atoms with Gasteiger partial charge in [-0.15, -0.1) is 0 Å². The Kier molecular flexibility index (Phi) is 4.89. The molecule has 0 unspecified atom stereocenters. The average Bonchev–Trinajstić information content (AvgIpc) is 3.33. The maximum absolute atomic E-state index is 13.6. The number of esters is 1. The van der Waals surface area contributed by atoms with Crippen LogP contribution in [0.4, 0.5) is 0 Å². The van der Waals surface area contributed by atoms with E-state index in [1.54, 1.807) is 24.3 Å². The molecule has 0 N–H and O–H groups in total. The smallest absolute Gasteiger partial charge is 0.321 e. The van der Waals surface area contributed by atoms with E-state index in [0.29, 0.717) is 12.0 Å². The number of ether oxygens (including phenoxy) is 2. The number of rotatable bonds is 5. The summed E-state index contributed by atoms with van der Waals surface area (Å²) in [6.07, 6.45) is 3.73. The van der Waals surface area contributed by atoms with E-state index >= 15 is 0 Å². The Balaban J connectivity index is 1.49. The number of fused-ring (bicyclic) bond motifs is 1. The van der Waals surface area contributed by atoms with E-state index in [1.807, 2.05) is 49.4 Å². The molecule has 3 aliphatic rings. The minimum Gasteiger partial charge on any atom is -0.460 e. The SMILES string of the molecule is C=C1[C@@H]2C=C[C@@]3(CCN(S(=O)(=O)c4ccc(C)cc4)C[C@@]13C(=O)OCc1ccccc1)O2. The van der Waals surface area contributed by atoms with Crippen molar-refractivity contribution in [2.24, 2.45) is 5.41 Å². The Bertz CT molecular complexity index is 1200. The predicted molar refractivity (Wildman–Crippen MR) is 119 cm³/mol. The lowest BCUT2D eigenvalue weighted by atomic mass is 9.62. The summed E-state index contributed by atoms with van der Waals surface area (Å²) in [4.78, 5) is 13.8. The summed E-state index contributed by atoms with van der Waals surface area (Å²) in [6, 6.07) is 16.1. The highest BCUT2D eigenvalue weighted by atomic mass is 32.2. The molecule has 0 aromatic heterocycles. The Morgan fingerprint density at radius 2 is 1.91 bits per heavy atom.